The summed E-state index contributed by atoms with van der Waals surface area (Å²) in [5, 5.41) is 5.04. The van der Waals surface area contributed by atoms with Gasteiger partial charge in [0.15, 0.2) is 0 Å². The van der Waals surface area contributed by atoms with Crippen LogP contribution in [0.3, 0.4) is 0 Å². The van der Waals surface area contributed by atoms with Gasteiger partial charge in [0.05, 0.1) is 11.0 Å². The normalized spacial score (nSPS) is 12.2. The molecule has 1 heteroatoms. The zero-order valence-corrected chi connectivity index (χ0v) is 16.8. The van der Waals surface area contributed by atoms with Gasteiger partial charge in [-0.3, -0.25) is 0 Å². The highest BCUT2D eigenvalue weighted by atomic mass is 15.0. The minimum absolute atomic E-state index is 1.12. The lowest BCUT2D eigenvalue weighted by molar-refractivity contribution is 1.18. The summed E-state index contributed by atoms with van der Waals surface area (Å²) in [7, 11) is 0. The molecule has 0 radical (unpaired) electrons. The Labute approximate surface area is 176 Å². The van der Waals surface area contributed by atoms with Crippen LogP contribution in [0.2, 0.25) is 0 Å². The van der Waals surface area contributed by atoms with Gasteiger partial charge in [-0.1, -0.05) is 66.6 Å². The average Bonchev–Trinajstić information content (AvgIpc) is 3.15. The van der Waals surface area contributed by atoms with E-state index in [0.717, 1.165) is 5.57 Å². The van der Waals surface area contributed by atoms with Crippen molar-refractivity contribution >= 4 is 38.2 Å². The number of aromatic nitrogens is 1. The maximum absolute atomic E-state index is 5.43. The number of hydrogen-bond donors (Lipinski definition) is 0. The third kappa shape index (κ3) is 2.82. The summed E-state index contributed by atoms with van der Waals surface area (Å²) in [6, 6.07) is 30.3. The fourth-order valence-electron chi connectivity index (χ4n) is 4.32. The van der Waals surface area contributed by atoms with Crippen molar-refractivity contribution in [3.63, 3.8) is 0 Å². The molecule has 30 heavy (non-hydrogen) atoms. The maximum atomic E-state index is 5.43. The molecule has 0 aliphatic rings. The Hall–Kier alpha value is -4.02. The van der Waals surface area contributed by atoms with Crippen LogP contribution in [-0.4, -0.2) is 4.57 Å². The second-order valence-electron chi connectivity index (χ2n) is 7.33. The highest BCUT2D eigenvalue weighted by molar-refractivity contribution is 6.21. The maximum Gasteiger partial charge on any atom is 0.0547 e. The van der Waals surface area contributed by atoms with E-state index < -0.39 is 0 Å². The lowest BCUT2D eigenvalue weighted by Gasteiger charge is -2.09. The summed E-state index contributed by atoms with van der Waals surface area (Å²) in [6.45, 7) is 2.04. The van der Waals surface area contributed by atoms with Crippen LogP contribution in [0.15, 0.2) is 103 Å². The smallest absolute Gasteiger partial charge is 0.0547 e. The fourth-order valence-corrected chi connectivity index (χ4v) is 4.32. The molecule has 0 spiro atoms. The summed E-state index contributed by atoms with van der Waals surface area (Å²) in [4.78, 5) is 0. The first-order valence-electron chi connectivity index (χ1n) is 10.1. The molecule has 0 atom stereocenters. The van der Waals surface area contributed by atoms with Crippen LogP contribution in [0.25, 0.3) is 43.8 Å². The third-order valence-electron chi connectivity index (χ3n) is 5.67. The van der Waals surface area contributed by atoms with Gasteiger partial charge in [0.25, 0.3) is 0 Å². The van der Waals surface area contributed by atoms with Crippen molar-refractivity contribution in [3.05, 3.63) is 109 Å². The number of terminal acetylenes is 1. The number of fused-ring (bicyclic) bond motifs is 5. The summed E-state index contributed by atoms with van der Waals surface area (Å²) in [5.41, 5.74) is 5.90. The number of rotatable bonds is 3. The second-order valence-corrected chi connectivity index (χ2v) is 7.33. The molecule has 1 nitrogen and oxygen atoms in total. The van der Waals surface area contributed by atoms with Crippen molar-refractivity contribution in [2.75, 3.05) is 0 Å². The van der Waals surface area contributed by atoms with Crippen molar-refractivity contribution in [1.29, 1.82) is 0 Å². The summed E-state index contributed by atoms with van der Waals surface area (Å²) < 4.78 is 2.35. The topological polar surface area (TPSA) is 4.93 Å². The zero-order chi connectivity index (χ0) is 20.5. The van der Waals surface area contributed by atoms with Crippen LogP contribution in [-0.2, 0) is 0 Å². The van der Waals surface area contributed by atoms with Crippen LogP contribution >= 0.6 is 0 Å². The number of hydrogen-bond acceptors (Lipinski definition) is 0. The Kier molecular flexibility index (Phi) is 4.46. The highest BCUT2D eigenvalue weighted by Crippen LogP contribution is 2.37. The Morgan fingerprint density at radius 3 is 2.40 bits per heavy atom. The van der Waals surface area contributed by atoms with E-state index in [2.05, 4.69) is 101 Å². The van der Waals surface area contributed by atoms with Crippen LogP contribution in [0, 0.1) is 12.3 Å². The van der Waals surface area contributed by atoms with Crippen LogP contribution in [0.5, 0.6) is 0 Å². The first-order valence-corrected chi connectivity index (χ1v) is 10.1. The molecule has 5 rings (SSSR count). The molecule has 0 amide bonds. The minimum atomic E-state index is 1.12. The van der Waals surface area contributed by atoms with Gasteiger partial charge in [-0.25, -0.2) is 0 Å². The van der Waals surface area contributed by atoms with E-state index in [0.29, 0.717) is 0 Å². The van der Waals surface area contributed by atoms with Crippen molar-refractivity contribution < 1.29 is 0 Å². The van der Waals surface area contributed by atoms with Gasteiger partial charge in [0.1, 0.15) is 0 Å². The Morgan fingerprint density at radius 1 is 0.833 bits per heavy atom. The molecule has 0 saturated carbocycles. The molecule has 0 saturated heterocycles. The summed E-state index contributed by atoms with van der Waals surface area (Å²) in [6.07, 6.45) is 11.3. The third-order valence-corrected chi connectivity index (χ3v) is 5.67. The van der Waals surface area contributed by atoms with Crippen molar-refractivity contribution in [2.45, 2.75) is 6.92 Å². The number of nitrogens with zero attached hydrogens (tertiary/aromatic N) is 1. The van der Waals surface area contributed by atoms with Crippen molar-refractivity contribution in [1.82, 2.24) is 4.57 Å². The average molecular weight is 383 g/mol. The molecule has 0 aliphatic carbocycles. The molecule has 0 bridgehead atoms. The van der Waals surface area contributed by atoms with E-state index in [9.17, 15) is 0 Å². The van der Waals surface area contributed by atoms with Gasteiger partial charge < -0.3 is 4.57 Å². The van der Waals surface area contributed by atoms with Crippen molar-refractivity contribution in [3.8, 4) is 18.0 Å². The van der Waals surface area contributed by atoms with Gasteiger partial charge in [0, 0.05) is 16.5 Å². The van der Waals surface area contributed by atoms with E-state index in [4.69, 9.17) is 6.42 Å². The molecule has 0 N–H and O–H groups in total. The van der Waals surface area contributed by atoms with E-state index in [1.54, 1.807) is 6.08 Å². The van der Waals surface area contributed by atoms with E-state index in [1.165, 1.54) is 43.8 Å². The predicted octanol–water partition coefficient (Wildman–Crippen LogP) is 7.53. The molecular formula is C29H21N. The zero-order valence-electron chi connectivity index (χ0n) is 16.8. The van der Waals surface area contributed by atoms with Crippen molar-refractivity contribution in [2.24, 2.45) is 0 Å². The quantitative estimate of drug-likeness (QED) is 0.224. The first kappa shape index (κ1) is 18.0. The lowest BCUT2D eigenvalue weighted by Crippen LogP contribution is -1.92. The number of allylic oxidation sites excluding steroid dienone is 4. The van der Waals surface area contributed by atoms with Crippen LogP contribution in [0.1, 0.15) is 12.5 Å². The van der Waals surface area contributed by atoms with E-state index in [-0.39, 0.29) is 0 Å². The molecule has 1 heterocycles. The number of para-hydroxylation sites is 2. The van der Waals surface area contributed by atoms with Gasteiger partial charge in [-0.2, -0.15) is 0 Å². The Bertz CT molecular complexity index is 1490. The fraction of sp³-hybridized carbons (Fsp3) is 0.0345. The van der Waals surface area contributed by atoms with E-state index in [1.807, 2.05) is 13.0 Å². The SMILES string of the molecule is C#C/C=C\C(=C/C)c1ccc2ccc3c(c2c1)c1ccccc1n3-c1ccccc1. The second kappa shape index (κ2) is 7.43. The summed E-state index contributed by atoms with van der Waals surface area (Å²) in [5.74, 6) is 2.59. The molecule has 0 aliphatic heterocycles. The number of benzene rings is 4. The largest absolute Gasteiger partial charge is 0.309 e. The summed E-state index contributed by atoms with van der Waals surface area (Å²) >= 11 is 0. The van der Waals surface area contributed by atoms with Gasteiger partial charge >= 0.3 is 0 Å². The monoisotopic (exact) mass is 383 g/mol. The molecule has 142 valence electrons. The van der Waals surface area contributed by atoms with Gasteiger partial charge in [0.2, 0.25) is 0 Å². The lowest BCUT2D eigenvalue weighted by atomic mass is 9.97. The van der Waals surface area contributed by atoms with Gasteiger partial charge in [-0.05, 0) is 71.3 Å². The molecule has 0 fully saturated rings. The standard InChI is InChI=1S/C29H21N/c1-3-5-11-21(4-2)23-17-16-22-18-19-28-29(26(22)20-23)25-14-9-10-15-27(25)30(28)24-12-7-6-8-13-24/h1,4-20H,2H3/b11-5-,21-4+. The first-order chi connectivity index (χ1) is 14.8. The van der Waals surface area contributed by atoms with Gasteiger partial charge in [-0.15, -0.1) is 6.42 Å². The Balaban J connectivity index is 1.89. The highest BCUT2D eigenvalue weighted by Gasteiger charge is 2.14. The molecule has 1 aromatic heterocycles. The predicted molar refractivity (Wildman–Crippen MR) is 130 cm³/mol. The van der Waals surface area contributed by atoms with Crippen LogP contribution in [0.4, 0.5) is 0 Å². The van der Waals surface area contributed by atoms with Crippen LogP contribution < -0.4 is 0 Å². The minimum Gasteiger partial charge on any atom is -0.309 e. The van der Waals surface area contributed by atoms with E-state index >= 15 is 0 Å². The molecule has 0 unspecified atom stereocenters. The molecular weight excluding hydrogens is 362 g/mol. The molecule has 4 aromatic carbocycles. The Morgan fingerprint density at radius 2 is 1.60 bits per heavy atom. The molecule has 5 aromatic rings.